The van der Waals surface area contributed by atoms with E-state index in [9.17, 15) is 19.5 Å². The molecule has 0 aliphatic carbocycles. The third-order valence-corrected chi connectivity index (χ3v) is 1.30. The van der Waals surface area contributed by atoms with Gasteiger partial charge in [-0.2, -0.15) is 0 Å². The van der Waals surface area contributed by atoms with E-state index in [0.29, 0.717) is 0 Å². The van der Waals surface area contributed by atoms with Gasteiger partial charge in [0.2, 0.25) is 5.78 Å². The molecule has 0 rings (SSSR count). The van der Waals surface area contributed by atoms with Crippen LogP contribution in [0.15, 0.2) is 0 Å². The lowest BCUT2D eigenvalue weighted by molar-refractivity contribution is -0.319. The van der Waals surface area contributed by atoms with E-state index in [-0.39, 0.29) is 6.29 Å². The smallest absolute Gasteiger partial charge is 0.226 e. The van der Waals surface area contributed by atoms with Gasteiger partial charge in [0.05, 0.1) is 5.97 Å². The number of ketones is 1. The van der Waals surface area contributed by atoms with Crippen molar-refractivity contribution in [3.05, 3.63) is 0 Å². The van der Waals surface area contributed by atoms with Crippen molar-refractivity contribution in [3.63, 3.8) is 0 Å². The first-order chi connectivity index (χ1) is 5.91. The number of Topliss-reactive ketones (excluding diaryl/α,β-unsaturated/α-hetero) is 1. The maximum Gasteiger partial charge on any atom is 0.226 e. The van der Waals surface area contributed by atoms with Gasteiger partial charge in [-0.15, -0.1) is 0 Å². The number of hydrogen-bond acceptors (Lipinski definition) is 7. The number of hydrogen-bond donors (Lipinski definition) is 3. The number of aliphatic carboxylic acids is 1. The topological polar surface area (TPSA) is 135 Å². The predicted molar refractivity (Wildman–Crippen MR) is 34.1 cm³/mol. The van der Waals surface area contributed by atoms with Gasteiger partial charge in [0.15, 0.2) is 6.29 Å². The summed E-state index contributed by atoms with van der Waals surface area (Å²) < 4.78 is 0. The molecule has 0 saturated heterocycles. The van der Waals surface area contributed by atoms with Crippen molar-refractivity contribution in [1.82, 2.24) is 0 Å². The van der Waals surface area contributed by atoms with Crippen LogP contribution in [0.4, 0.5) is 0 Å². The van der Waals surface area contributed by atoms with E-state index < -0.39 is 30.1 Å². The molecule has 0 fully saturated rings. The highest BCUT2D eigenvalue weighted by Crippen LogP contribution is 1.99. The Hall–Kier alpha value is -1.31. The summed E-state index contributed by atoms with van der Waals surface area (Å²) in [7, 11) is 0. The van der Waals surface area contributed by atoms with Gasteiger partial charge >= 0.3 is 0 Å². The van der Waals surface area contributed by atoms with E-state index in [4.69, 9.17) is 15.3 Å². The molecule has 0 unspecified atom stereocenters. The number of carboxylic acid groups (broad SMARTS) is 1. The zero-order chi connectivity index (χ0) is 10.6. The summed E-state index contributed by atoms with van der Waals surface area (Å²) in [4.78, 5) is 30.1. The van der Waals surface area contributed by atoms with Gasteiger partial charge in [-0.1, -0.05) is 0 Å². The first kappa shape index (κ1) is 11.7. The number of aldehydes is 1. The second-order valence-corrected chi connectivity index (χ2v) is 2.22. The molecule has 0 radical (unpaired) electrons. The van der Waals surface area contributed by atoms with E-state index >= 15 is 0 Å². The van der Waals surface area contributed by atoms with E-state index in [2.05, 4.69) is 0 Å². The van der Waals surface area contributed by atoms with Crippen molar-refractivity contribution in [2.45, 2.75) is 18.3 Å². The lowest BCUT2D eigenvalue weighted by Crippen LogP contribution is -2.50. The van der Waals surface area contributed by atoms with Crippen LogP contribution in [0.5, 0.6) is 0 Å². The second-order valence-electron chi connectivity index (χ2n) is 2.22. The average molecular weight is 191 g/mol. The molecular formula is C6H7O7-. The van der Waals surface area contributed by atoms with Crippen molar-refractivity contribution in [1.29, 1.82) is 0 Å². The zero-order valence-corrected chi connectivity index (χ0v) is 6.28. The minimum atomic E-state index is -2.42. The fourth-order valence-corrected chi connectivity index (χ4v) is 0.550. The highest BCUT2D eigenvalue weighted by Gasteiger charge is 2.30. The molecule has 0 heterocycles. The van der Waals surface area contributed by atoms with Crippen LogP contribution in [-0.4, -0.2) is 51.7 Å². The Morgan fingerprint density at radius 2 is 1.62 bits per heavy atom. The first-order valence-electron chi connectivity index (χ1n) is 3.16. The standard InChI is InChI=1S/C6H8O7/c7-1-2(8)3(9)4(10)5(11)6(12)13/h1,3-5,9-11H,(H,12,13)/p-1/t3-,4+,5+/m1/s1. The molecule has 0 saturated carbocycles. The largest absolute Gasteiger partial charge is 0.547 e. The maximum absolute atomic E-state index is 10.4. The molecule has 0 spiro atoms. The first-order valence-corrected chi connectivity index (χ1v) is 3.16. The van der Waals surface area contributed by atoms with Gasteiger partial charge in [0.25, 0.3) is 0 Å². The predicted octanol–water partition coefficient (Wildman–Crippen LogP) is -4.41. The van der Waals surface area contributed by atoms with E-state index in [1.54, 1.807) is 0 Å². The van der Waals surface area contributed by atoms with Gasteiger partial charge in [-0.25, -0.2) is 0 Å². The number of aliphatic hydroxyl groups excluding tert-OH is 3. The molecule has 3 atom stereocenters. The summed E-state index contributed by atoms with van der Waals surface area (Å²) in [6.07, 6.45) is -7.25. The van der Waals surface area contributed by atoms with Gasteiger partial charge in [-0.05, 0) is 0 Å². The fourth-order valence-electron chi connectivity index (χ4n) is 0.550. The van der Waals surface area contributed by atoms with Crippen molar-refractivity contribution in [2.75, 3.05) is 0 Å². The van der Waals surface area contributed by atoms with Crippen LogP contribution >= 0.6 is 0 Å². The Morgan fingerprint density at radius 3 is 1.92 bits per heavy atom. The van der Waals surface area contributed by atoms with Crippen LogP contribution in [0.2, 0.25) is 0 Å². The lowest BCUT2D eigenvalue weighted by Gasteiger charge is -2.20. The number of rotatable bonds is 5. The van der Waals surface area contributed by atoms with Crippen molar-refractivity contribution < 1.29 is 34.8 Å². The molecule has 7 heteroatoms. The molecule has 0 aromatic heterocycles. The Labute approximate surface area is 72.2 Å². The highest BCUT2D eigenvalue weighted by molar-refractivity contribution is 6.27. The third-order valence-electron chi connectivity index (χ3n) is 1.30. The lowest BCUT2D eigenvalue weighted by atomic mass is 10.1. The zero-order valence-electron chi connectivity index (χ0n) is 6.28. The molecule has 0 aliphatic heterocycles. The number of carbonyl (C=O) groups excluding carboxylic acids is 3. The average Bonchev–Trinajstić information content (AvgIpc) is 2.12. The quantitative estimate of drug-likeness (QED) is 0.295. The Balaban J connectivity index is 4.41. The van der Waals surface area contributed by atoms with Crippen LogP contribution in [0.3, 0.4) is 0 Å². The molecular weight excluding hydrogens is 184 g/mol. The number of carboxylic acids is 1. The van der Waals surface area contributed by atoms with Gasteiger partial charge in [0, 0.05) is 0 Å². The molecule has 0 aromatic carbocycles. The van der Waals surface area contributed by atoms with Crippen LogP contribution in [0.25, 0.3) is 0 Å². The second kappa shape index (κ2) is 4.65. The minimum Gasteiger partial charge on any atom is -0.547 e. The Morgan fingerprint density at radius 1 is 1.15 bits per heavy atom. The van der Waals surface area contributed by atoms with Crippen molar-refractivity contribution >= 4 is 18.0 Å². The van der Waals surface area contributed by atoms with Crippen LogP contribution in [0, 0.1) is 0 Å². The summed E-state index contributed by atoms with van der Waals surface area (Å²) in [5, 5.41) is 36.0. The normalized spacial score (nSPS) is 17.2. The molecule has 0 aliphatic rings. The van der Waals surface area contributed by atoms with Crippen molar-refractivity contribution in [3.8, 4) is 0 Å². The fraction of sp³-hybridized carbons (Fsp3) is 0.500. The highest BCUT2D eigenvalue weighted by atomic mass is 16.4. The van der Waals surface area contributed by atoms with Gasteiger partial charge < -0.3 is 25.2 Å². The van der Waals surface area contributed by atoms with E-state index in [1.165, 1.54) is 0 Å². The van der Waals surface area contributed by atoms with Gasteiger partial charge in [0.1, 0.15) is 18.3 Å². The number of aliphatic hydroxyl groups is 3. The molecule has 0 aromatic rings. The van der Waals surface area contributed by atoms with Crippen LogP contribution in [-0.2, 0) is 14.4 Å². The molecule has 0 amide bonds. The summed E-state index contributed by atoms with van der Waals surface area (Å²) >= 11 is 0. The van der Waals surface area contributed by atoms with E-state index in [1.807, 2.05) is 0 Å². The molecule has 13 heavy (non-hydrogen) atoms. The third kappa shape index (κ3) is 2.90. The maximum atomic E-state index is 10.4. The monoisotopic (exact) mass is 191 g/mol. The molecule has 3 N–H and O–H groups in total. The SMILES string of the molecule is O=CC(=O)[C@@H](O)[C@H](O)[C@H](O)C(=O)[O-]. The minimum absolute atomic E-state index is 0.296. The van der Waals surface area contributed by atoms with Crippen molar-refractivity contribution in [2.24, 2.45) is 0 Å². The summed E-state index contributed by atoms with van der Waals surface area (Å²) in [6.45, 7) is 0. The van der Waals surface area contributed by atoms with Crippen LogP contribution < -0.4 is 5.11 Å². The summed E-state index contributed by atoms with van der Waals surface area (Å²) in [5.41, 5.74) is 0. The molecule has 0 bridgehead atoms. The Bertz CT molecular complexity index is 223. The molecule has 74 valence electrons. The summed E-state index contributed by atoms with van der Waals surface area (Å²) in [6, 6.07) is 0. The molecule has 7 nitrogen and oxygen atoms in total. The number of carbonyl (C=O) groups is 3. The van der Waals surface area contributed by atoms with E-state index in [0.717, 1.165) is 0 Å². The Kier molecular flexibility index (Phi) is 4.18. The summed E-state index contributed by atoms with van der Waals surface area (Å²) in [5.74, 6) is -3.47. The van der Waals surface area contributed by atoms with Gasteiger partial charge in [-0.3, -0.25) is 9.59 Å². The van der Waals surface area contributed by atoms with Crippen LogP contribution in [0.1, 0.15) is 0 Å².